The number of rotatable bonds is 5. The number of piperazine rings is 1. The fourth-order valence-electron chi connectivity index (χ4n) is 3.16. The third kappa shape index (κ3) is 3.92. The van der Waals surface area contributed by atoms with E-state index in [2.05, 4.69) is 29.0 Å². The number of aliphatic hydroxyl groups is 1. The number of hydrogen-bond acceptors (Lipinski definition) is 4. The van der Waals surface area contributed by atoms with Crippen LogP contribution >= 0.6 is 0 Å². The first-order valence-corrected chi connectivity index (χ1v) is 7.38. The molecule has 18 heavy (non-hydrogen) atoms. The van der Waals surface area contributed by atoms with Gasteiger partial charge in [-0.3, -0.25) is 9.80 Å². The van der Waals surface area contributed by atoms with Gasteiger partial charge in [0, 0.05) is 44.8 Å². The molecule has 0 aromatic heterocycles. The van der Waals surface area contributed by atoms with Gasteiger partial charge in [-0.2, -0.15) is 0 Å². The summed E-state index contributed by atoms with van der Waals surface area (Å²) in [4.78, 5) is 5.05. The summed E-state index contributed by atoms with van der Waals surface area (Å²) in [5.41, 5.74) is -0.620. The normalized spacial score (nSPS) is 29.5. The largest absolute Gasteiger partial charge is 0.388 e. The molecule has 4 nitrogen and oxygen atoms in total. The van der Waals surface area contributed by atoms with Crippen LogP contribution in [0.5, 0.6) is 0 Å². The highest BCUT2D eigenvalue weighted by atomic mass is 16.3. The van der Waals surface area contributed by atoms with E-state index in [1.165, 1.54) is 25.9 Å². The van der Waals surface area contributed by atoms with E-state index in [0.717, 1.165) is 25.7 Å². The fourth-order valence-corrected chi connectivity index (χ4v) is 3.16. The topological polar surface area (TPSA) is 38.7 Å². The van der Waals surface area contributed by atoms with Gasteiger partial charge in [0.2, 0.25) is 0 Å². The van der Waals surface area contributed by atoms with Crippen molar-refractivity contribution in [2.75, 3.05) is 39.3 Å². The van der Waals surface area contributed by atoms with Gasteiger partial charge in [0.15, 0.2) is 0 Å². The Bertz CT molecular complexity index is 268. The SMILES string of the molecule is CC(C)NCC(C)(O)CN1CCN2CCCC2C1. The molecule has 2 atom stereocenters. The number of hydrogen-bond donors (Lipinski definition) is 2. The lowest BCUT2D eigenvalue weighted by Crippen LogP contribution is -2.56. The van der Waals surface area contributed by atoms with Crippen LogP contribution in [0.2, 0.25) is 0 Å². The summed E-state index contributed by atoms with van der Waals surface area (Å²) in [6.45, 7) is 12.4. The van der Waals surface area contributed by atoms with E-state index in [9.17, 15) is 5.11 Å². The zero-order valence-electron chi connectivity index (χ0n) is 12.2. The zero-order chi connectivity index (χ0) is 13.2. The van der Waals surface area contributed by atoms with Crippen LogP contribution < -0.4 is 5.32 Å². The molecule has 2 saturated heterocycles. The van der Waals surface area contributed by atoms with Crippen molar-refractivity contribution in [2.45, 2.75) is 51.3 Å². The van der Waals surface area contributed by atoms with Crippen LogP contribution in [0.15, 0.2) is 0 Å². The lowest BCUT2D eigenvalue weighted by Gasteiger charge is -2.40. The molecule has 0 aliphatic carbocycles. The van der Waals surface area contributed by atoms with Crippen molar-refractivity contribution in [1.29, 1.82) is 0 Å². The van der Waals surface area contributed by atoms with Gasteiger partial charge in [0.05, 0.1) is 5.60 Å². The van der Waals surface area contributed by atoms with Gasteiger partial charge in [0.25, 0.3) is 0 Å². The second kappa shape index (κ2) is 5.87. The van der Waals surface area contributed by atoms with E-state index in [1.807, 2.05) is 6.92 Å². The molecule has 2 fully saturated rings. The van der Waals surface area contributed by atoms with E-state index in [0.29, 0.717) is 12.6 Å². The first kappa shape index (κ1) is 14.3. The first-order valence-electron chi connectivity index (χ1n) is 7.38. The quantitative estimate of drug-likeness (QED) is 0.751. The maximum absolute atomic E-state index is 10.4. The molecule has 0 amide bonds. The van der Waals surface area contributed by atoms with Crippen molar-refractivity contribution in [3.8, 4) is 0 Å². The van der Waals surface area contributed by atoms with E-state index in [4.69, 9.17) is 0 Å². The highest BCUT2D eigenvalue weighted by Crippen LogP contribution is 2.22. The Kier molecular flexibility index (Phi) is 4.64. The molecule has 2 N–H and O–H groups in total. The van der Waals surface area contributed by atoms with Crippen LogP contribution in [0.1, 0.15) is 33.6 Å². The molecule has 0 aromatic carbocycles. The highest BCUT2D eigenvalue weighted by Gasteiger charge is 2.33. The van der Waals surface area contributed by atoms with Gasteiger partial charge in [-0.1, -0.05) is 13.8 Å². The summed E-state index contributed by atoms with van der Waals surface area (Å²) < 4.78 is 0. The Morgan fingerprint density at radius 3 is 2.83 bits per heavy atom. The minimum Gasteiger partial charge on any atom is -0.388 e. The Labute approximate surface area is 111 Å². The fraction of sp³-hybridized carbons (Fsp3) is 1.00. The average Bonchev–Trinajstić information content (AvgIpc) is 2.73. The van der Waals surface area contributed by atoms with Gasteiger partial charge < -0.3 is 10.4 Å². The summed E-state index contributed by atoms with van der Waals surface area (Å²) >= 11 is 0. The van der Waals surface area contributed by atoms with Gasteiger partial charge in [-0.15, -0.1) is 0 Å². The van der Waals surface area contributed by atoms with Gasteiger partial charge in [0.1, 0.15) is 0 Å². The maximum Gasteiger partial charge on any atom is 0.0869 e. The molecule has 106 valence electrons. The van der Waals surface area contributed by atoms with Crippen LogP contribution in [0.25, 0.3) is 0 Å². The Hall–Kier alpha value is -0.160. The molecule has 0 saturated carbocycles. The van der Waals surface area contributed by atoms with Crippen molar-refractivity contribution in [2.24, 2.45) is 0 Å². The van der Waals surface area contributed by atoms with Crippen molar-refractivity contribution < 1.29 is 5.11 Å². The number of β-amino-alcohol motifs (C(OH)–C–C–N with tert-alkyl or cyclic N) is 1. The number of fused-ring (bicyclic) bond motifs is 1. The number of nitrogens with zero attached hydrogens (tertiary/aromatic N) is 2. The molecule has 2 unspecified atom stereocenters. The molecule has 0 bridgehead atoms. The summed E-state index contributed by atoms with van der Waals surface area (Å²) in [7, 11) is 0. The van der Waals surface area contributed by atoms with Crippen LogP contribution in [-0.2, 0) is 0 Å². The third-order valence-electron chi connectivity index (χ3n) is 4.13. The molecule has 2 rings (SSSR count). The van der Waals surface area contributed by atoms with Crippen LogP contribution in [0.3, 0.4) is 0 Å². The molecule has 2 aliphatic heterocycles. The van der Waals surface area contributed by atoms with E-state index < -0.39 is 5.60 Å². The van der Waals surface area contributed by atoms with Crippen molar-refractivity contribution in [3.05, 3.63) is 0 Å². The summed E-state index contributed by atoms with van der Waals surface area (Å²) in [5.74, 6) is 0. The molecule has 2 aliphatic rings. The minimum atomic E-state index is -0.620. The zero-order valence-corrected chi connectivity index (χ0v) is 12.2. The van der Waals surface area contributed by atoms with Crippen LogP contribution in [0, 0.1) is 0 Å². The molecule has 0 radical (unpaired) electrons. The summed E-state index contributed by atoms with van der Waals surface area (Å²) in [6.07, 6.45) is 2.69. The maximum atomic E-state index is 10.4. The first-order chi connectivity index (χ1) is 8.46. The standard InChI is InChI=1S/C14H29N3O/c1-12(2)15-10-14(3,18)11-16-7-8-17-6-4-5-13(17)9-16/h12-13,15,18H,4-11H2,1-3H3. The summed E-state index contributed by atoms with van der Waals surface area (Å²) in [5, 5.41) is 13.8. The Morgan fingerprint density at radius 1 is 1.33 bits per heavy atom. The van der Waals surface area contributed by atoms with Gasteiger partial charge >= 0.3 is 0 Å². The van der Waals surface area contributed by atoms with E-state index in [1.54, 1.807) is 0 Å². The van der Waals surface area contributed by atoms with Gasteiger partial charge in [-0.05, 0) is 26.3 Å². The monoisotopic (exact) mass is 255 g/mol. The molecule has 2 heterocycles. The smallest absolute Gasteiger partial charge is 0.0869 e. The second-order valence-corrected chi connectivity index (χ2v) is 6.60. The predicted molar refractivity (Wildman–Crippen MR) is 74.8 cm³/mol. The van der Waals surface area contributed by atoms with E-state index in [-0.39, 0.29) is 0 Å². The van der Waals surface area contributed by atoms with Crippen LogP contribution in [-0.4, -0.2) is 71.9 Å². The molecular formula is C14H29N3O. The highest BCUT2D eigenvalue weighted by molar-refractivity contribution is 4.90. The van der Waals surface area contributed by atoms with Gasteiger partial charge in [-0.25, -0.2) is 0 Å². The molecule has 4 heteroatoms. The summed E-state index contributed by atoms with van der Waals surface area (Å²) in [6, 6.07) is 1.18. The predicted octanol–water partition coefficient (Wildman–Crippen LogP) is 0.515. The van der Waals surface area contributed by atoms with Crippen LogP contribution in [0.4, 0.5) is 0 Å². The van der Waals surface area contributed by atoms with E-state index >= 15 is 0 Å². The van der Waals surface area contributed by atoms with Crippen molar-refractivity contribution >= 4 is 0 Å². The molecule has 0 aromatic rings. The van der Waals surface area contributed by atoms with Crippen molar-refractivity contribution in [3.63, 3.8) is 0 Å². The second-order valence-electron chi connectivity index (χ2n) is 6.60. The average molecular weight is 255 g/mol. The lowest BCUT2D eigenvalue weighted by molar-refractivity contribution is -0.00350. The number of nitrogens with one attached hydrogen (secondary N) is 1. The third-order valence-corrected chi connectivity index (χ3v) is 4.13. The Balaban J connectivity index is 1.78. The lowest BCUT2D eigenvalue weighted by atomic mass is 10.0. The Morgan fingerprint density at radius 2 is 2.11 bits per heavy atom. The molecular weight excluding hydrogens is 226 g/mol. The minimum absolute atomic E-state index is 0.433. The molecule has 0 spiro atoms. The van der Waals surface area contributed by atoms with Crippen molar-refractivity contribution in [1.82, 2.24) is 15.1 Å².